The summed E-state index contributed by atoms with van der Waals surface area (Å²) in [6, 6.07) is 1.54. The van der Waals surface area contributed by atoms with Crippen molar-refractivity contribution in [2.45, 2.75) is 25.5 Å². The number of ether oxygens (including phenoxy) is 1. The highest BCUT2D eigenvalue weighted by molar-refractivity contribution is 5.78. The van der Waals surface area contributed by atoms with Crippen LogP contribution in [0.5, 0.6) is 0 Å². The molecule has 1 saturated heterocycles. The number of hydrogen-bond donors (Lipinski definition) is 1. The maximum atomic E-state index is 11.8. The molecule has 0 aromatic carbocycles. The monoisotopic (exact) mass is 258 g/mol. The minimum atomic E-state index is -0.0627. The molecule has 0 aliphatic carbocycles. The number of rotatable bonds is 2. The summed E-state index contributed by atoms with van der Waals surface area (Å²) in [5, 5.41) is 2.94. The van der Waals surface area contributed by atoms with E-state index in [0.29, 0.717) is 23.6 Å². The maximum absolute atomic E-state index is 11.8. The molecule has 3 heterocycles. The van der Waals surface area contributed by atoms with E-state index in [9.17, 15) is 9.59 Å². The summed E-state index contributed by atoms with van der Waals surface area (Å²) in [5.41, 5.74) is 0.839. The van der Waals surface area contributed by atoms with Crippen LogP contribution in [0.2, 0.25) is 0 Å². The summed E-state index contributed by atoms with van der Waals surface area (Å²) < 4.78 is 7.53. The largest absolute Gasteiger partial charge is 0.376 e. The van der Waals surface area contributed by atoms with Crippen LogP contribution >= 0.6 is 0 Å². The van der Waals surface area contributed by atoms with Crippen LogP contribution in [-0.2, 0) is 16.1 Å². The fourth-order valence-electron chi connectivity index (χ4n) is 2.45. The van der Waals surface area contributed by atoms with Gasteiger partial charge in [0, 0.05) is 18.9 Å². The Balaban J connectivity index is 1.99. The minimum Gasteiger partial charge on any atom is -0.376 e. The summed E-state index contributed by atoms with van der Waals surface area (Å²) in [5.74, 6) is 2.45. The zero-order valence-electron chi connectivity index (χ0n) is 10.4. The van der Waals surface area contributed by atoms with Gasteiger partial charge in [0.2, 0.25) is 0 Å². The molecule has 1 unspecified atom stereocenters. The average Bonchev–Trinajstić information content (AvgIpc) is 2.94. The van der Waals surface area contributed by atoms with Crippen molar-refractivity contribution in [3.05, 3.63) is 39.8 Å². The summed E-state index contributed by atoms with van der Waals surface area (Å²) in [6.45, 7) is 1.47. The van der Waals surface area contributed by atoms with E-state index in [1.807, 2.05) is 10.5 Å². The van der Waals surface area contributed by atoms with Crippen LogP contribution in [0.1, 0.15) is 18.4 Å². The van der Waals surface area contributed by atoms with E-state index in [0.717, 1.165) is 19.4 Å². The number of nitrogens with one attached hydrogen (secondary N) is 1. The van der Waals surface area contributed by atoms with Gasteiger partial charge in [0.15, 0.2) is 11.4 Å². The second kappa shape index (κ2) is 4.88. The highest BCUT2D eigenvalue weighted by Gasteiger charge is 2.20. The van der Waals surface area contributed by atoms with Gasteiger partial charge in [-0.05, 0) is 25.0 Å². The lowest BCUT2D eigenvalue weighted by Gasteiger charge is -2.21. The molecule has 5 nitrogen and oxygen atoms in total. The molecular weight excluding hydrogens is 244 g/mol. The predicted molar refractivity (Wildman–Crippen MR) is 71.5 cm³/mol. The van der Waals surface area contributed by atoms with Gasteiger partial charge in [0.05, 0.1) is 18.2 Å². The van der Waals surface area contributed by atoms with Crippen molar-refractivity contribution < 1.29 is 9.53 Å². The summed E-state index contributed by atoms with van der Waals surface area (Å²) in [7, 11) is 0. The smallest absolute Gasteiger partial charge is 0.190 e. The number of hydrogen-bond acceptors (Lipinski definition) is 4. The van der Waals surface area contributed by atoms with Crippen molar-refractivity contribution in [3.8, 4) is 0 Å². The van der Waals surface area contributed by atoms with E-state index in [1.165, 1.54) is 6.07 Å². The van der Waals surface area contributed by atoms with Crippen LogP contribution < -0.4 is 10.7 Å². The number of carbonyl (C=O) groups excluding carboxylic acids is 1. The third-order valence-corrected chi connectivity index (χ3v) is 3.42. The van der Waals surface area contributed by atoms with Crippen LogP contribution in [-0.4, -0.2) is 23.2 Å². The highest BCUT2D eigenvalue weighted by atomic mass is 16.5. The van der Waals surface area contributed by atoms with Gasteiger partial charge in [-0.1, -0.05) is 0 Å². The van der Waals surface area contributed by atoms with Crippen molar-refractivity contribution >= 4 is 17.8 Å². The molecule has 2 aliphatic heterocycles. The number of anilines is 1. The van der Waals surface area contributed by atoms with Crippen LogP contribution in [0.3, 0.4) is 0 Å². The Labute approximate surface area is 110 Å². The second-order valence-electron chi connectivity index (χ2n) is 4.70. The fraction of sp³-hybridized carbons (Fsp3) is 0.357. The molecule has 0 spiro atoms. The van der Waals surface area contributed by atoms with Gasteiger partial charge in [-0.3, -0.25) is 4.79 Å². The van der Waals surface area contributed by atoms with Crippen molar-refractivity contribution in [1.29, 1.82) is 0 Å². The van der Waals surface area contributed by atoms with Crippen molar-refractivity contribution in [3.63, 3.8) is 0 Å². The first-order chi connectivity index (χ1) is 9.28. The number of aromatic nitrogens is 1. The first-order valence-corrected chi connectivity index (χ1v) is 6.33. The Hall–Kier alpha value is -2.10. The lowest BCUT2D eigenvalue weighted by Crippen LogP contribution is -2.23. The lowest BCUT2D eigenvalue weighted by atomic mass is 10.1. The first kappa shape index (κ1) is 12.0. The summed E-state index contributed by atoms with van der Waals surface area (Å²) >= 11 is 0. The van der Waals surface area contributed by atoms with E-state index in [1.54, 1.807) is 18.3 Å². The summed E-state index contributed by atoms with van der Waals surface area (Å²) in [4.78, 5) is 22.5. The molecule has 1 atom stereocenters. The van der Waals surface area contributed by atoms with Gasteiger partial charge in [0.1, 0.15) is 11.5 Å². The van der Waals surface area contributed by atoms with Crippen molar-refractivity contribution in [2.24, 2.45) is 0 Å². The molecule has 1 fully saturated rings. The molecule has 0 saturated carbocycles. The van der Waals surface area contributed by atoms with Gasteiger partial charge in [-0.2, -0.15) is 0 Å². The maximum Gasteiger partial charge on any atom is 0.190 e. The zero-order chi connectivity index (χ0) is 13.2. The van der Waals surface area contributed by atoms with E-state index in [4.69, 9.17) is 4.74 Å². The van der Waals surface area contributed by atoms with Crippen LogP contribution in [0.25, 0.3) is 6.08 Å². The van der Waals surface area contributed by atoms with Gasteiger partial charge in [-0.25, -0.2) is 4.79 Å². The molecule has 1 aromatic rings. The second-order valence-corrected chi connectivity index (χ2v) is 4.70. The Kier molecular flexibility index (Phi) is 3.07. The van der Waals surface area contributed by atoms with Gasteiger partial charge in [0.25, 0.3) is 0 Å². The topological polar surface area (TPSA) is 60.3 Å². The quantitative estimate of drug-likeness (QED) is 0.809. The SMILES string of the molecule is O=C=C1C=Cc2c(n(CC3CCCO3)ccc2=O)N1. The number of nitrogens with zero attached hydrogens (tertiary/aromatic N) is 1. The molecule has 19 heavy (non-hydrogen) atoms. The molecule has 5 heteroatoms. The number of fused-ring (bicyclic) bond motifs is 1. The Morgan fingerprint density at radius 2 is 2.37 bits per heavy atom. The van der Waals surface area contributed by atoms with Crippen molar-refractivity contribution in [1.82, 2.24) is 4.57 Å². The number of allylic oxidation sites excluding steroid dienone is 1. The predicted octanol–water partition coefficient (Wildman–Crippen LogP) is 1.18. The minimum absolute atomic E-state index is 0.0627. The van der Waals surface area contributed by atoms with E-state index in [-0.39, 0.29) is 11.5 Å². The molecule has 1 N–H and O–H groups in total. The van der Waals surface area contributed by atoms with E-state index < -0.39 is 0 Å². The van der Waals surface area contributed by atoms with Crippen molar-refractivity contribution in [2.75, 3.05) is 11.9 Å². The molecule has 0 bridgehead atoms. The standard InChI is InChI=1S/C14H14N2O3/c17-9-10-3-4-12-13(18)5-6-16(14(12)15-10)8-11-2-1-7-19-11/h3-6,11,15H,1-2,7-8H2. The van der Waals surface area contributed by atoms with Crippen LogP contribution in [0, 0.1) is 0 Å². The molecule has 3 rings (SSSR count). The van der Waals surface area contributed by atoms with Crippen LogP contribution in [0.15, 0.2) is 28.8 Å². The zero-order valence-corrected chi connectivity index (χ0v) is 10.4. The van der Waals surface area contributed by atoms with Gasteiger partial charge in [-0.15, -0.1) is 0 Å². The Morgan fingerprint density at radius 3 is 3.11 bits per heavy atom. The molecule has 2 aliphatic rings. The van der Waals surface area contributed by atoms with E-state index >= 15 is 0 Å². The first-order valence-electron chi connectivity index (χ1n) is 6.33. The van der Waals surface area contributed by atoms with Gasteiger partial charge < -0.3 is 14.6 Å². The van der Waals surface area contributed by atoms with Gasteiger partial charge >= 0.3 is 0 Å². The Morgan fingerprint density at radius 1 is 1.47 bits per heavy atom. The van der Waals surface area contributed by atoms with Crippen LogP contribution in [0.4, 0.5) is 5.82 Å². The molecule has 98 valence electrons. The Bertz CT molecular complexity index is 633. The number of pyridine rings is 1. The highest BCUT2D eigenvalue weighted by Crippen LogP contribution is 2.23. The third-order valence-electron chi connectivity index (χ3n) is 3.42. The molecule has 1 aromatic heterocycles. The molecular formula is C14H14N2O3. The molecule has 0 radical (unpaired) electrons. The normalized spacial score (nSPS) is 20.8. The molecule has 0 amide bonds. The lowest BCUT2D eigenvalue weighted by molar-refractivity contribution is 0.0973. The third kappa shape index (κ3) is 2.26. The fourth-order valence-corrected chi connectivity index (χ4v) is 2.45. The van der Waals surface area contributed by atoms with E-state index in [2.05, 4.69) is 5.32 Å². The average molecular weight is 258 g/mol. The summed E-state index contributed by atoms with van der Waals surface area (Å²) in [6.07, 6.45) is 7.21.